The summed E-state index contributed by atoms with van der Waals surface area (Å²) >= 11 is 5.80. The molecule has 0 saturated heterocycles. The molecule has 6 heteroatoms. The van der Waals surface area contributed by atoms with E-state index in [4.69, 9.17) is 21.4 Å². The van der Waals surface area contributed by atoms with Crippen LogP contribution in [0.4, 0.5) is 0 Å². The number of hydrogen-bond acceptors (Lipinski definition) is 3. The Morgan fingerprint density at radius 3 is 2.68 bits per heavy atom. The molecular formula is C16H14ClNO4. The predicted octanol–water partition coefficient (Wildman–Crippen LogP) is 2.98. The van der Waals surface area contributed by atoms with Crippen LogP contribution in [-0.4, -0.2) is 24.0 Å². The van der Waals surface area contributed by atoms with Crippen LogP contribution < -0.4 is 10.1 Å². The summed E-state index contributed by atoms with van der Waals surface area (Å²) in [4.78, 5) is 22.8. The number of halogens is 1. The summed E-state index contributed by atoms with van der Waals surface area (Å²) in [5, 5.41) is 12.0. The molecule has 0 aliphatic rings. The van der Waals surface area contributed by atoms with Crippen LogP contribution in [0.25, 0.3) is 0 Å². The summed E-state index contributed by atoms with van der Waals surface area (Å²) in [7, 11) is 1.54. The van der Waals surface area contributed by atoms with E-state index in [-0.39, 0.29) is 18.1 Å². The molecule has 2 rings (SSSR count). The molecule has 0 saturated carbocycles. The van der Waals surface area contributed by atoms with Gasteiger partial charge in [-0.25, -0.2) is 4.79 Å². The molecule has 0 aromatic heterocycles. The topological polar surface area (TPSA) is 75.6 Å². The van der Waals surface area contributed by atoms with E-state index in [0.29, 0.717) is 21.9 Å². The number of aromatic carboxylic acids is 1. The van der Waals surface area contributed by atoms with Gasteiger partial charge < -0.3 is 15.2 Å². The average molecular weight is 320 g/mol. The maximum atomic E-state index is 11.6. The zero-order chi connectivity index (χ0) is 16.1. The van der Waals surface area contributed by atoms with E-state index in [1.165, 1.54) is 6.07 Å². The summed E-state index contributed by atoms with van der Waals surface area (Å²) in [5.74, 6) is -0.809. The third-order valence-electron chi connectivity index (χ3n) is 3.02. The second kappa shape index (κ2) is 6.95. The molecule has 2 aromatic carbocycles. The molecule has 1 amide bonds. The van der Waals surface area contributed by atoms with Crippen LogP contribution in [0.2, 0.25) is 5.02 Å². The number of benzene rings is 2. The van der Waals surface area contributed by atoms with Crippen molar-refractivity contribution in [3.8, 4) is 5.75 Å². The van der Waals surface area contributed by atoms with Gasteiger partial charge in [-0.3, -0.25) is 4.79 Å². The van der Waals surface area contributed by atoms with Crippen molar-refractivity contribution in [3.05, 3.63) is 64.2 Å². The van der Waals surface area contributed by atoms with Gasteiger partial charge in [0.2, 0.25) is 0 Å². The largest absolute Gasteiger partial charge is 0.489 e. The minimum absolute atomic E-state index is 0.0655. The Morgan fingerprint density at radius 1 is 1.23 bits per heavy atom. The molecule has 0 heterocycles. The summed E-state index contributed by atoms with van der Waals surface area (Å²) < 4.78 is 5.57. The first-order valence-electron chi connectivity index (χ1n) is 6.48. The van der Waals surface area contributed by atoms with E-state index in [9.17, 15) is 9.59 Å². The van der Waals surface area contributed by atoms with Crippen LogP contribution in [0.15, 0.2) is 42.5 Å². The summed E-state index contributed by atoms with van der Waals surface area (Å²) in [6.45, 7) is 0.0655. The Labute approximate surface area is 132 Å². The van der Waals surface area contributed by atoms with Gasteiger partial charge >= 0.3 is 5.97 Å². The molecule has 22 heavy (non-hydrogen) atoms. The van der Waals surface area contributed by atoms with E-state index >= 15 is 0 Å². The smallest absolute Gasteiger partial charge is 0.336 e. The molecule has 0 aliphatic carbocycles. The number of amides is 1. The normalized spacial score (nSPS) is 10.1. The van der Waals surface area contributed by atoms with Crippen molar-refractivity contribution in [2.45, 2.75) is 6.61 Å². The lowest BCUT2D eigenvalue weighted by molar-refractivity contribution is 0.0693. The number of ether oxygens (including phenoxy) is 1. The van der Waals surface area contributed by atoms with Gasteiger partial charge in [0.25, 0.3) is 5.91 Å². The summed E-state index contributed by atoms with van der Waals surface area (Å²) in [6.07, 6.45) is 0. The third kappa shape index (κ3) is 3.77. The lowest BCUT2D eigenvalue weighted by atomic mass is 10.1. The Kier molecular flexibility index (Phi) is 5.01. The molecule has 0 atom stereocenters. The van der Waals surface area contributed by atoms with Crippen LogP contribution in [-0.2, 0) is 6.61 Å². The van der Waals surface area contributed by atoms with E-state index in [1.807, 2.05) is 0 Å². The first kappa shape index (κ1) is 15.9. The number of carboxylic acids is 1. The zero-order valence-electron chi connectivity index (χ0n) is 11.8. The number of carboxylic acid groups (broad SMARTS) is 1. The lowest BCUT2D eigenvalue weighted by Crippen LogP contribution is -2.17. The highest BCUT2D eigenvalue weighted by atomic mass is 35.5. The van der Waals surface area contributed by atoms with Gasteiger partial charge in [0.1, 0.15) is 12.4 Å². The maximum Gasteiger partial charge on any atom is 0.336 e. The van der Waals surface area contributed by atoms with Crippen LogP contribution in [0, 0.1) is 0 Å². The van der Waals surface area contributed by atoms with E-state index in [1.54, 1.807) is 43.4 Å². The van der Waals surface area contributed by atoms with Crippen LogP contribution >= 0.6 is 11.6 Å². The SMILES string of the molecule is CNC(=O)c1cccc(OCc2ccc(Cl)cc2C(=O)O)c1. The van der Waals surface area contributed by atoms with Gasteiger partial charge in [-0.15, -0.1) is 0 Å². The van der Waals surface area contributed by atoms with Gasteiger partial charge in [-0.1, -0.05) is 23.7 Å². The van der Waals surface area contributed by atoms with Gasteiger partial charge in [0, 0.05) is 23.2 Å². The van der Waals surface area contributed by atoms with Crippen molar-refractivity contribution in [3.63, 3.8) is 0 Å². The van der Waals surface area contributed by atoms with Crippen molar-refractivity contribution < 1.29 is 19.4 Å². The molecule has 0 fully saturated rings. The molecule has 0 unspecified atom stereocenters. The van der Waals surface area contributed by atoms with Crippen molar-refractivity contribution >= 4 is 23.5 Å². The molecule has 114 valence electrons. The minimum atomic E-state index is -1.07. The van der Waals surface area contributed by atoms with Gasteiger partial charge in [0.15, 0.2) is 0 Å². The third-order valence-corrected chi connectivity index (χ3v) is 3.26. The first-order chi connectivity index (χ1) is 10.5. The van der Waals surface area contributed by atoms with Crippen molar-refractivity contribution in [1.82, 2.24) is 5.32 Å². The molecule has 2 aromatic rings. The van der Waals surface area contributed by atoms with Crippen molar-refractivity contribution in [2.75, 3.05) is 7.05 Å². The number of nitrogens with one attached hydrogen (secondary N) is 1. The number of rotatable bonds is 5. The molecule has 0 spiro atoms. The molecule has 0 radical (unpaired) electrons. The fourth-order valence-electron chi connectivity index (χ4n) is 1.91. The maximum absolute atomic E-state index is 11.6. The summed E-state index contributed by atoms with van der Waals surface area (Å²) in [5.41, 5.74) is 1.06. The zero-order valence-corrected chi connectivity index (χ0v) is 12.6. The number of hydrogen-bond donors (Lipinski definition) is 2. The molecule has 2 N–H and O–H groups in total. The first-order valence-corrected chi connectivity index (χ1v) is 6.85. The van der Waals surface area contributed by atoms with Gasteiger partial charge in [-0.2, -0.15) is 0 Å². The van der Waals surface area contributed by atoms with E-state index in [2.05, 4.69) is 5.32 Å². The predicted molar refractivity (Wildman–Crippen MR) is 82.6 cm³/mol. The average Bonchev–Trinajstić information content (AvgIpc) is 2.53. The number of carbonyl (C=O) groups is 2. The highest BCUT2D eigenvalue weighted by molar-refractivity contribution is 6.30. The Morgan fingerprint density at radius 2 is 2.00 bits per heavy atom. The minimum Gasteiger partial charge on any atom is -0.489 e. The van der Waals surface area contributed by atoms with E-state index < -0.39 is 5.97 Å². The monoisotopic (exact) mass is 319 g/mol. The molecule has 5 nitrogen and oxygen atoms in total. The second-order valence-electron chi connectivity index (χ2n) is 4.50. The van der Waals surface area contributed by atoms with Gasteiger partial charge in [0.05, 0.1) is 5.56 Å². The van der Waals surface area contributed by atoms with Crippen LogP contribution in [0.5, 0.6) is 5.75 Å². The number of carbonyl (C=O) groups excluding carboxylic acids is 1. The van der Waals surface area contributed by atoms with Crippen LogP contribution in [0.1, 0.15) is 26.3 Å². The summed E-state index contributed by atoms with van der Waals surface area (Å²) in [6, 6.07) is 11.2. The van der Waals surface area contributed by atoms with Crippen molar-refractivity contribution in [2.24, 2.45) is 0 Å². The van der Waals surface area contributed by atoms with Crippen LogP contribution in [0.3, 0.4) is 0 Å². The fourth-order valence-corrected chi connectivity index (χ4v) is 2.08. The standard InChI is InChI=1S/C16H14ClNO4/c1-18-15(19)10-3-2-4-13(7-10)22-9-11-5-6-12(17)8-14(11)16(20)21/h2-8H,9H2,1H3,(H,18,19)(H,20,21). The highest BCUT2D eigenvalue weighted by Crippen LogP contribution is 2.20. The van der Waals surface area contributed by atoms with Crippen molar-refractivity contribution in [1.29, 1.82) is 0 Å². The fraction of sp³-hybridized carbons (Fsp3) is 0.125. The van der Waals surface area contributed by atoms with E-state index in [0.717, 1.165) is 0 Å². The molecule has 0 aliphatic heterocycles. The van der Waals surface area contributed by atoms with Gasteiger partial charge in [-0.05, 0) is 30.3 Å². The quantitative estimate of drug-likeness (QED) is 0.888. The Bertz CT molecular complexity index is 715. The Balaban J connectivity index is 2.17. The molecule has 0 bridgehead atoms. The second-order valence-corrected chi connectivity index (χ2v) is 4.94. The lowest BCUT2D eigenvalue weighted by Gasteiger charge is -2.10. The highest BCUT2D eigenvalue weighted by Gasteiger charge is 2.12. The Hall–Kier alpha value is -2.53. The molecular weight excluding hydrogens is 306 g/mol.